The fourth-order valence-electron chi connectivity index (χ4n) is 2.86. The molecule has 2 atom stereocenters. The van der Waals surface area contributed by atoms with Crippen molar-refractivity contribution in [1.82, 2.24) is 10.3 Å². The van der Waals surface area contributed by atoms with Crippen molar-refractivity contribution in [3.05, 3.63) is 65.5 Å². The summed E-state index contributed by atoms with van der Waals surface area (Å²) in [7, 11) is 0. The number of nitrogens with zero attached hydrogens (tertiary/aromatic N) is 1. The average molecular weight is 268 g/mol. The van der Waals surface area contributed by atoms with Gasteiger partial charge in [-0.25, -0.2) is 0 Å². The zero-order valence-electron chi connectivity index (χ0n) is 11.5. The van der Waals surface area contributed by atoms with E-state index in [2.05, 4.69) is 16.4 Å². The lowest BCUT2D eigenvalue weighted by molar-refractivity contribution is 0.168. The maximum atomic E-state index is 10.2. The third-order valence-corrected chi connectivity index (χ3v) is 3.94. The average Bonchev–Trinajstić information content (AvgIpc) is 2.53. The highest BCUT2D eigenvalue weighted by molar-refractivity contribution is 5.25. The molecule has 0 amide bonds. The molecule has 0 radical (unpaired) electrons. The molecule has 0 aliphatic heterocycles. The molecule has 20 heavy (non-hydrogen) atoms. The molecule has 2 aromatic rings. The maximum Gasteiger partial charge on any atom is 0.0914 e. The highest BCUT2D eigenvalue weighted by atomic mass is 16.3. The molecule has 2 N–H and O–H groups in total. The van der Waals surface area contributed by atoms with Crippen LogP contribution in [0.1, 0.15) is 41.8 Å². The molecule has 0 bridgehead atoms. The molecule has 0 fully saturated rings. The van der Waals surface area contributed by atoms with E-state index in [-0.39, 0.29) is 6.04 Å². The Balaban J connectivity index is 1.65. The second-order valence-corrected chi connectivity index (χ2v) is 5.33. The first kappa shape index (κ1) is 13.3. The standard InChI is InChI=1S/C17H20N2O/c20-16(13-6-2-1-3-7-13)12-19-15-10-4-8-14-9-5-11-18-17(14)15/h1-3,5-7,9,11,15-16,19-20H,4,8,10,12H2. The van der Waals surface area contributed by atoms with E-state index < -0.39 is 6.10 Å². The van der Waals surface area contributed by atoms with Crippen molar-refractivity contribution < 1.29 is 5.11 Å². The molecule has 0 saturated carbocycles. The van der Waals surface area contributed by atoms with Crippen LogP contribution in [0.3, 0.4) is 0 Å². The summed E-state index contributed by atoms with van der Waals surface area (Å²) in [5, 5.41) is 13.7. The predicted molar refractivity (Wildman–Crippen MR) is 79.3 cm³/mol. The summed E-state index contributed by atoms with van der Waals surface area (Å²) in [5.41, 5.74) is 3.45. The number of hydrogen-bond acceptors (Lipinski definition) is 3. The van der Waals surface area contributed by atoms with E-state index in [9.17, 15) is 5.11 Å². The summed E-state index contributed by atoms with van der Waals surface area (Å²) in [6, 6.07) is 14.2. The summed E-state index contributed by atoms with van der Waals surface area (Å²) < 4.78 is 0. The van der Waals surface area contributed by atoms with Gasteiger partial charge in [-0.1, -0.05) is 36.4 Å². The fraction of sp³-hybridized carbons (Fsp3) is 0.353. The topological polar surface area (TPSA) is 45.1 Å². The minimum absolute atomic E-state index is 0.262. The van der Waals surface area contributed by atoms with Gasteiger partial charge in [0.1, 0.15) is 0 Å². The van der Waals surface area contributed by atoms with Crippen LogP contribution in [0.4, 0.5) is 0 Å². The first-order valence-corrected chi connectivity index (χ1v) is 7.25. The number of aromatic nitrogens is 1. The van der Waals surface area contributed by atoms with E-state index in [4.69, 9.17) is 0 Å². The summed E-state index contributed by atoms with van der Waals surface area (Å²) in [6.45, 7) is 0.560. The smallest absolute Gasteiger partial charge is 0.0914 e. The van der Waals surface area contributed by atoms with E-state index in [1.807, 2.05) is 42.6 Å². The molecule has 2 unspecified atom stereocenters. The van der Waals surface area contributed by atoms with Gasteiger partial charge in [0.15, 0.2) is 0 Å². The minimum Gasteiger partial charge on any atom is -0.387 e. The van der Waals surface area contributed by atoms with Gasteiger partial charge in [0, 0.05) is 18.8 Å². The van der Waals surface area contributed by atoms with E-state index >= 15 is 0 Å². The van der Waals surface area contributed by atoms with Crippen LogP contribution >= 0.6 is 0 Å². The summed E-state index contributed by atoms with van der Waals surface area (Å²) in [6.07, 6.45) is 4.77. The molecular formula is C17H20N2O. The van der Waals surface area contributed by atoms with Gasteiger partial charge < -0.3 is 10.4 Å². The molecule has 0 saturated heterocycles. The number of fused-ring (bicyclic) bond motifs is 1. The zero-order valence-corrected chi connectivity index (χ0v) is 11.5. The third-order valence-electron chi connectivity index (χ3n) is 3.94. The Morgan fingerprint density at radius 3 is 2.90 bits per heavy atom. The Morgan fingerprint density at radius 2 is 2.05 bits per heavy atom. The number of aliphatic hydroxyl groups excluding tert-OH is 1. The molecule has 1 aromatic heterocycles. The number of hydrogen-bond donors (Lipinski definition) is 2. The van der Waals surface area contributed by atoms with E-state index in [0.717, 1.165) is 24.1 Å². The highest BCUT2D eigenvalue weighted by Gasteiger charge is 2.21. The SMILES string of the molecule is OC(CNC1CCCc2cccnc21)c1ccccc1. The van der Waals surface area contributed by atoms with E-state index in [1.165, 1.54) is 12.0 Å². The van der Waals surface area contributed by atoms with Crippen LogP contribution in [-0.2, 0) is 6.42 Å². The lowest BCUT2D eigenvalue weighted by Gasteiger charge is -2.26. The number of nitrogens with one attached hydrogen (secondary N) is 1. The predicted octanol–water partition coefficient (Wildman–Crippen LogP) is 2.78. The van der Waals surface area contributed by atoms with Gasteiger partial charge in [-0.3, -0.25) is 4.98 Å². The molecule has 3 rings (SSSR count). The fourth-order valence-corrected chi connectivity index (χ4v) is 2.86. The van der Waals surface area contributed by atoms with Crippen molar-refractivity contribution in [2.45, 2.75) is 31.4 Å². The first-order chi connectivity index (χ1) is 9.84. The second-order valence-electron chi connectivity index (χ2n) is 5.33. The number of aryl methyl sites for hydroxylation is 1. The van der Waals surface area contributed by atoms with Crippen LogP contribution < -0.4 is 5.32 Å². The lowest BCUT2D eigenvalue weighted by atomic mass is 9.92. The number of benzene rings is 1. The first-order valence-electron chi connectivity index (χ1n) is 7.25. The van der Waals surface area contributed by atoms with Crippen LogP contribution in [0.15, 0.2) is 48.7 Å². The van der Waals surface area contributed by atoms with Gasteiger partial charge in [-0.2, -0.15) is 0 Å². The molecule has 3 heteroatoms. The van der Waals surface area contributed by atoms with Crippen molar-refractivity contribution >= 4 is 0 Å². The molecule has 1 aromatic carbocycles. The van der Waals surface area contributed by atoms with Crippen molar-refractivity contribution in [2.75, 3.05) is 6.54 Å². The number of aliphatic hydroxyl groups is 1. The van der Waals surface area contributed by atoms with Gasteiger partial charge in [-0.15, -0.1) is 0 Å². The summed E-state index contributed by atoms with van der Waals surface area (Å²) >= 11 is 0. The van der Waals surface area contributed by atoms with Crippen LogP contribution in [0, 0.1) is 0 Å². The van der Waals surface area contributed by atoms with Gasteiger partial charge in [0.05, 0.1) is 11.8 Å². The third kappa shape index (κ3) is 2.89. The van der Waals surface area contributed by atoms with Crippen molar-refractivity contribution in [2.24, 2.45) is 0 Å². The molecule has 1 aliphatic carbocycles. The normalized spacial score (nSPS) is 19.4. The Kier molecular flexibility index (Phi) is 4.09. The van der Waals surface area contributed by atoms with Gasteiger partial charge in [0.25, 0.3) is 0 Å². The molecule has 3 nitrogen and oxygen atoms in total. The monoisotopic (exact) mass is 268 g/mol. The van der Waals surface area contributed by atoms with Crippen LogP contribution in [-0.4, -0.2) is 16.6 Å². The Morgan fingerprint density at radius 1 is 1.20 bits per heavy atom. The van der Waals surface area contributed by atoms with Crippen LogP contribution in [0.5, 0.6) is 0 Å². The van der Waals surface area contributed by atoms with Gasteiger partial charge >= 0.3 is 0 Å². The van der Waals surface area contributed by atoms with Gasteiger partial charge in [-0.05, 0) is 36.5 Å². The van der Waals surface area contributed by atoms with E-state index in [0.29, 0.717) is 6.54 Å². The largest absolute Gasteiger partial charge is 0.387 e. The lowest BCUT2D eigenvalue weighted by Crippen LogP contribution is -2.29. The molecular weight excluding hydrogens is 248 g/mol. The van der Waals surface area contributed by atoms with Crippen LogP contribution in [0.25, 0.3) is 0 Å². The molecule has 1 aliphatic rings. The highest BCUT2D eigenvalue weighted by Crippen LogP contribution is 2.28. The number of rotatable bonds is 4. The summed E-state index contributed by atoms with van der Waals surface area (Å²) in [4.78, 5) is 4.51. The minimum atomic E-state index is -0.467. The summed E-state index contributed by atoms with van der Waals surface area (Å²) in [5.74, 6) is 0. The second kappa shape index (κ2) is 6.16. The quantitative estimate of drug-likeness (QED) is 0.896. The molecule has 104 valence electrons. The van der Waals surface area contributed by atoms with Crippen molar-refractivity contribution in [1.29, 1.82) is 0 Å². The van der Waals surface area contributed by atoms with Crippen molar-refractivity contribution in [3.63, 3.8) is 0 Å². The Hall–Kier alpha value is -1.71. The van der Waals surface area contributed by atoms with Crippen LogP contribution in [0.2, 0.25) is 0 Å². The molecule has 1 heterocycles. The van der Waals surface area contributed by atoms with Crippen molar-refractivity contribution in [3.8, 4) is 0 Å². The molecule has 0 spiro atoms. The van der Waals surface area contributed by atoms with Gasteiger partial charge in [0.2, 0.25) is 0 Å². The number of pyridine rings is 1. The Bertz CT molecular complexity index is 556. The Labute approximate surface area is 119 Å². The maximum absolute atomic E-state index is 10.2. The van der Waals surface area contributed by atoms with E-state index in [1.54, 1.807) is 0 Å². The zero-order chi connectivity index (χ0) is 13.8.